The fourth-order valence-electron chi connectivity index (χ4n) is 2.30. The highest BCUT2D eigenvalue weighted by Gasteiger charge is 2.12. The van der Waals surface area contributed by atoms with Gasteiger partial charge in [-0.1, -0.05) is 30.3 Å². The average molecular weight is 270 g/mol. The normalized spacial score (nSPS) is 12.2. The molecule has 1 N–H and O–H groups in total. The first-order valence-electron chi connectivity index (χ1n) is 7.01. The lowest BCUT2D eigenvalue weighted by Gasteiger charge is -2.16. The molecule has 2 aromatic carbocycles. The SMILES string of the molecule is Cc1cc(C)c(C(O)CCOc2ccccc2)cc1C. The molecule has 0 amide bonds. The summed E-state index contributed by atoms with van der Waals surface area (Å²) in [5.74, 6) is 0.844. The van der Waals surface area contributed by atoms with E-state index in [0.717, 1.165) is 16.9 Å². The summed E-state index contributed by atoms with van der Waals surface area (Å²) in [6, 6.07) is 13.9. The van der Waals surface area contributed by atoms with Gasteiger partial charge in [-0.3, -0.25) is 0 Å². The Morgan fingerprint density at radius 1 is 0.950 bits per heavy atom. The summed E-state index contributed by atoms with van der Waals surface area (Å²) in [7, 11) is 0. The van der Waals surface area contributed by atoms with E-state index in [1.165, 1.54) is 11.1 Å². The predicted molar refractivity (Wildman–Crippen MR) is 82.2 cm³/mol. The maximum absolute atomic E-state index is 10.3. The Balaban J connectivity index is 1.95. The van der Waals surface area contributed by atoms with E-state index in [1.54, 1.807) is 0 Å². The molecule has 1 unspecified atom stereocenters. The Morgan fingerprint density at radius 2 is 1.60 bits per heavy atom. The molecule has 0 fully saturated rings. The van der Waals surface area contributed by atoms with Crippen molar-refractivity contribution in [1.29, 1.82) is 0 Å². The van der Waals surface area contributed by atoms with E-state index in [2.05, 4.69) is 26.0 Å². The molecule has 106 valence electrons. The van der Waals surface area contributed by atoms with Crippen LogP contribution in [0.25, 0.3) is 0 Å². The number of benzene rings is 2. The molecule has 2 nitrogen and oxygen atoms in total. The molecular formula is C18H22O2. The van der Waals surface area contributed by atoms with E-state index in [9.17, 15) is 5.11 Å². The van der Waals surface area contributed by atoms with Crippen LogP contribution in [0, 0.1) is 20.8 Å². The minimum absolute atomic E-state index is 0.474. The van der Waals surface area contributed by atoms with Crippen LogP contribution in [-0.2, 0) is 0 Å². The minimum atomic E-state index is -0.474. The molecule has 0 spiro atoms. The van der Waals surface area contributed by atoms with E-state index in [1.807, 2.05) is 37.3 Å². The lowest BCUT2D eigenvalue weighted by atomic mass is 9.96. The van der Waals surface area contributed by atoms with Crippen LogP contribution in [0.15, 0.2) is 42.5 Å². The van der Waals surface area contributed by atoms with Crippen molar-refractivity contribution >= 4 is 0 Å². The van der Waals surface area contributed by atoms with E-state index in [-0.39, 0.29) is 0 Å². The van der Waals surface area contributed by atoms with Gasteiger partial charge in [-0.25, -0.2) is 0 Å². The third-order valence-electron chi connectivity index (χ3n) is 3.64. The third kappa shape index (κ3) is 3.61. The molecule has 0 aliphatic heterocycles. The van der Waals surface area contributed by atoms with Crippen LogP contribution >= 0.6 is 0 Å². The standard InChI is InChI=1S/C18H22O2/c1-13-11-15(3)17(12-14(13)2)18(19)9-10-20-16-7-5-4-6-8-16/h4-8,11-12,18-19H,9-10H2,1-3H3. The zero-order valence-electron chi connectivity index (χ0n) is 12.4. The Labute approximate surface area is 121 Å². The summed E-state index contributed by atoms with van der Waals surface area (Å²) < 4.78 is 5.63. The predicted octanol–water partition coefficient (Wildman–Crippen LogP) is 4.11. The molecule has 0 saturated carbocycles. The summed E-state index contributed by atoms with van der Waals surface area (Å²) in [6.45, 7) is 6.73. The highest BCUT2D eigenvalue weighted by molar-refractivity contribution is 5.37. The van der Waals surface area contributed by atoms with Crippen molar-refractivity contribution in [2.45, 2.75) is 33.3 Å². The first kappa shape index (κ1) is 14.6. The van der Waals surface area contributed by atoms with Gasteiger partial charge in [0.05, 0.1) is 12.7 Å². The monoisotopic (exact) mass is 270 g/mol. The third-order valence-corrected chi connectivity index (χ3v) is 3.64. The number of aliphatic hydroxyl groups is 1. The summed E-state index contributed by atoms with van der Waals surface area (Å²) in [6.07, 6.45) is 0.121. The van der Waals surface area contributed by atoms with Gasteiger partial charge >= 0.3 is 0 Å². The maximum Gasteiger partial charge on any atom is 0.119 e. The Hall–Kier alpha value is -1.80. The van der Waals surface area contributed by atoms with Crippen LogP contribution in [0.5, 0.6) is 5.75 Å². The zero-order chi connectivity index (χ0) is 14.5. The van der Waals surface area contributed by atoms with Gasteiger partial charge in [0.15, 0.2) is 0 Å². The van der Waals surface area contributed by atoms with Crippen molar-refractivity contribution in [3.05, 3.63) is 64.7 Å². The molecule has 2 aromatic rings. The lowest BCUT2D eigenvalue weighted by Crippen LogP contribution is -2.07. The molecular weight excluding hydrogens is 248 g/mol. The number of aliphatic hydroxyl groups excluding tert-OH is 1. The molecule has 2 rings (SSSR count). The quantitative estimate of drug-likeness (QED) is 0.885. The summed E-state index contributed by atoms with van der Waals surface area (Å²) in [4.78, 5) is 0. The second kappa shape index (κ2) is 6.58. The molecule has 0 heterocycles. The van der Waals surface area contributed by atoms with Crippen molar-refractivity contribution in [3.8, 4) is 5.75 Å². The molecule has 2 heteroatoms. The van der Waals surface area contributed by atoms with Gasteiger partial charge in [0, 0.05) is 6.42 Å². The molecule has 0 aromatic heterocycles. The summed E-state index contributed by atoms with van der Waals surface area (Å²) in [5, 5.41) is 10.3. The van der Waals surface area contributed by atoms with Crippen molar-refractivity contribution in [2.75, 3.05) is 6.61 Å². The van der Waals surface area contributed by atoms with Crippen molar-refractivity contribution < 1.29 is 9.84 Å². The number of aryl methyl sites for hydroxylation is 3. The van der Waals surface area contributed by atoms with E-state index < -0.39 is 6.10 Å². The second-order valence-corrected chi connectivity index (χ2v) is 5.26. The highest BCUT2D eigenvalue weighted by Crippen LogP contribution is 2.24. The van der Waals surface area contributed by atoms with Crippen molar-refractivity contribution in [1.82, 2.24) is 0 Å². The molecule has 0 radical (unpaired) electrons. The lowest BCUT2D eigenvalue weighted by molar-refractivity contribution is 0.140. The van der Waals surface area contributed by atoms with Gasteiger partial charge < -0.3 is 9.84 Å². The number of para-hydroxylation sites is 1. The average Bonchev–Trinajstić information content (AvgIpc) is 2.44. The molecule has 0 saturated heterocycles. The Kier molecular flexibility index (Phi) is 4.80. The topological polar surface area (TPSA) is 29.5 Å². The van der Waals surface area contributed by atoms with E-state index in [0.29, 0.717) is 13.0 Å². The first-order chi connectivity index (χ1) is 9.58. The van der Waals surface area contributed by atoms with E-state index in [4.69, 9.17) is 4.74 Å². The number of rotatable bonds is 5. The maximum atomic E-state index is 10.3. The van der Waals surface area contributed by atoms with Gasteiger partial charge in [-0.05, 0) is 55.2 Å². The largest absolute Gasteiger partial charge is 0.493 e. The zero-order valence-corrected chi connectivity index (χ0v) is 12.4. The van der Waals surface area contributed by atoms with Gasteiger partial charge in [-0.15, -0.1) is 0 Å². The first-order valence-corrected chi connectivity index (χ1v) is 7.01. The smallest absolute Gasteiger partial charge is 0.119 e. The fourth-order valence-corrected chi connectivity index (χ4v) is 2.30. The van der Waals surface area contributed by atoms with Crippen LogP contribution < -0.4 is 4.74 Å². The van der Waals surface area contributed by atoms with Crippen LogP contribution in [0.3, 0.4) is 0 Å². The number of ether oxygens (including phenoxy) is 1. The molecule has 20 heavy (non-hydrogen) atoms. The van der Waals surface area contributed by atoms with Crippen LogP contribution in [0.4, 0.5) is 0 Å². The Bertz CT molecular complexity index is 561. The Morgan fingerprint density at radius 3 is 2.30 bits per heavy atom. The van der Waals surface area contributed by atoms with Crippen LogP contribution in [0.2, 0.25) is 0 Å². The van der Waals surface area contributed by atoms with Crippen LogP contribution in [-0.4, -0.2) is 11.7 Å². The fraction of sp³-hybridized carbons (Fsp3) is 0.333. The van der Waals surface area contributed by atoms with Gasteiger partial charge in [0.1, 0.15) is 5.75 Å². The number of hydrogen-bond acceptors (Lipinski definition) is 2. The van der Waals surface area contributed by atoms with Crippen LogP contribution in [0.1, 0.15) is 34.8 Å². The van der Waals surface area contributed by atoms with Crippen molar-refractivity contribution in [2.24, 2.45) is 0 Å². The summed E-state index contributed by atoms with van der Waals surface area (Å²) >= 11 is 0. The van der Waals surface area contributed by atoms with Gasteiger partial charge in [-0.2, -0.15) is 0 Å². The van der Waals surface area contributed by atoms with E-state index >= 15 is 0 Å². The van der Waals surface area contributed by atoms with Crippen molar-refractivity contribution in [3.63, 3.8) is 0 Å². The molecule has 1 atom stereocenters. The highest BCUT2D eigenvalue weighted by atomic mass is 16.5. The van der Waals surface area contributed by atoms with Gasteiger partial charge in [0.25, 0.3) is 0 Å². The molecule has 0 bridgehead atoms. The summed E-state index contributed by atoms with van der Waals surface area (Å²) in [5.41, 5.74) is 4.62. The second-order valence-electron chi connectivity index (χ2n) is 5.26. The van der Waals surface area contributed by atoms with Gasteiger partial charge in [0.2, 0.25) is 0 Å². The molecule has 0 aliphatic carbocycles. The molecule has 0 aliphatic rings. The minimum Gasteiger partial charge on any atom is -0.493 e. The number of hydrogen-bond donors (Lipinski definition) is 1.